The molecule has 3 aromatic heterocycles. The van der Waals surface area contributed by atoms with Crippen molar-refractivity contribution in [1.82, 2.24) is 19.6 Å². The van der Waals surface area contributed by atoms with Gasteiger partial charge in [-0.15, -0.1) is 5.10 Å². The molecule has 92 valence electrons. The van der Waals surface area contributed by atoms with Crippen LogP contribution in [-0.4, -0.2) is 19.6 Å². The van der Waals surface area contributed by atoms with E-state index < -0.39 is 0 Å². The smallest absolute Gasteiger partial charge is 0.184 e. The van der Waals surface area contributed by atoms with Gasteiger partial charge in [-0.25, -0.2) is 14.5 Å². The molecule has 0 amide bonds. The maximum Gasteiger partial charge on any atom is 0.184 e. The fourth-order valence-electron chi connectivity index (χ4n) is 2.07. The van der Waals surface area contributed by atoms with Crippen molar-refractivity contribution < 1.29 is 0 Å². The number of rotatable bonds is 0. The molecule has 3 aromatic rings. The van der Waals surface area contributed by atoms with Crippen molar-refractivity contribution in [3.63, 3.8) is 0 Å². The van der Waals surface area contributed by atoms with E-state index >= 15 is 0 Å². The third-order valence-corrected chi connectivity index (χ3v) is 3.77. The second-order valence-electron chi connectivity index (χ2n) is 4.33. The normalized spacial score (nSPS) is 11.6. The Balaban J connectivity index is 2.60. The van der Waals surface area contributed by atoms with Crippen LogP contribution >= 0.6 is 23.2 Å². The Labute approximate surface area is 114 Å². The van der Waals surface area contributed by atoms with Crippen molar-refractivity contribution >= 4 is 39.9 Å². The molecular formula is C12H10Cl2N4. The molecule has 0 saturated heterocycles. The van der Waals surface area contributed by atoms with Crippen LogP contribution < -0.4 is 0 Å². The number of nitrogens with zero attached hydrogens (tertiary/aromatic N) is 4. The molecule has 0 N–H and O–H groups in total. The number of hydrogen-bond acceptors (Lipinski definition) is 3. The van der Waals surface area contributed by atoms with E-state index in [4.69, 9.17) is 23.2 Å². The molecule has 0 fully saturated rings. The molecule has 0 aliphatic rings. The minimum atomic E-state index is 0.397. The van der Waals surface area contributed by atoms with Crippen LogP contribution in [0.4, 0.5) is 0 Å². The Morgan fingerprint density at radius 1 is 1.11 bits per heavy atom. The zero-order valence-corrected chi connectivity index (χ0v) is 11.6. The summed E-state index contributed by atoms with van der Waals surface area (Å²) in [6.07, 6.45) is 0. The lowest BCUT2D eigenvalue weighted by Gasteiger charge is -2.02. The van der Waals surface area contributed by atoms with E-state index in [9.17, 15) is 0 Å². The van der Waals surface area contributed by atoms with Gasteiger partial charge in [0.15, 0.2) is 11.3 Å². The minimum Gasteiger partial charge on any atom is -0.232 e. The van der Waals surface area contributed by atoms with Crippen LogP contribution in [0.25, 0.3) is 16.7 Å². The average molecular weight is 281 g/mol. The van der Waals surface area contributed by atoms with Gasteiger partial charge in [-0.3, -0.25) is 0 Å². The lowest BCUT2D eigenvalue weighted by atomic mass is 10.2. The Hall–Kier alpha value is -1.39. The zero-order chi connectivity index (χ0) is 13.0. The molecule has 0 aliphatic heterocycles. The molecule has 0 radical (unpaired) electrons. The van der Waals surface area contributed by atoms with Crippen molar-refractivity contribution in [2.24, 2.45) is 0 Å². The van der Waals surface area contributed by atoms with Gasteiger partial charge < -0.3 is 0 Å². The van der Waals surface area contributed by atoms with E-state index in [0.717, 1.165) is 16.6 Å². The summed E-state index contributed by atoms with van der Waals surface area (Å²) < 4.78 is 1.59. The fourth-order valence-corrected chi connectivity index (χ4v) is 2.50. The molecule has 0 saturated carbocycles. The van der Waals surface area contributed by atoms with Crippen LogP contribution in [0.1, 0.15) is 16.8 Å². The third-order valence-electron chi connectivity index (χ3n) is 2.95. The van der Waals surface area contributed by atoms with Gasteiger partial charge in [0, 0.05) is 11.3 Å². The monoisotopic (exact) mass is 280 g/mol. The molecule has 6 heteroatoms. The predicted octanol–water partition coefficient (Wildman–Crippen LogP) is 3.51. The predicted molar refractivity (Wildman–Crippen MR) is 72.5 cm³/mol. The highest BCUT2D eigenvalue weighted by Gasteiger charge is 2.16. The van der Waals surface area contributed by atoms with Crippen LogP contribution in [-0.2, 0) is 0 Å². The van der Waals surface area contributed by atoms with Gasteiger partial charge in [0.25, 0.3) is 0 Å². The van der Waals surface area contributed by atoms with Crippen LogP contribution in [0.15, 0.2) is 6.07 Å². The van der Waals surface area contributed by atoms with Gasteiger partial charge in [0.1, 0.15) is 10.3 Å². The largest absolute Gasteiger partial charge is 0.232 e. The van der Waals surface area contributed by atoms with Gasteiger partial charge in [-0.2, -0.15) is 0 Å². The van der Waals surface area contributed by atoms with Crippen LogP contribution in [0.2, 0.25) is 10.3 Å². The average Bonchev–Trinajstić information content (AvgIpc) is 2.64. The second kappa shape index (κ2) is 3.80. The first kappa shape index (κ1) is 11.7. The maximum atomic E-state index is 6.24. The van der Waals surface area contributed by atoms with Gasteiger partial charge in [-0.05, 0) is 32.4 Å². The number of fused-ring (bicyclic) bond motifs is 3. The summed E-state index contributed by atoms with van der Waals surface area (Å²) >= 11 is 12.3. The Bertz CT molecular complexity index is 792. The van der Waals surface area contributed by atoms with Crippen molar-refractivity contribution in [3.8, 4) is 0 Å². The Morgan fingerprint density at radius 3 is 2.56 bits per heavy atom. The molecular weight excluding hydrogens is 271 g/mol. The quantitative estimate of drug-likeness (QED) is 0.592. The van der Waals surface area contributed by atoms with Crippen molar-refractivity contribution in [1.29, 1.82) is 0 Å². The van der Waals surface area contributed by atoms with E-state index in [-0.39, 0.29) is 0 Å². The summed E-state index contributed by atoms with van der Waals surface area (Å²) in [5, 5.41) is 6.15. The van der Waals surface area contributed by atoms with E-state index in [2.05, 4.69) is 15.1 Å². The number of pyridine rings is 1. The van der Waals surface area contributed by atoms with Crippen molar-refractivity contribution in [2.45, 2.75) is 20.8 Å². The van der Waals surface area contributed by atoms with E-state index in [1.165, 1.54) is 0 Å². The molecule has 0 unspecified atom stereocenters. The second-order valence-corrected chi connectivity index (χ2v) is 5.05. The molecule has 18 heavy (non-hydrogen) atoms. The first-order valence-corrected chi connectivity index (χ1v) is 6.23. The Morgan fingerprint density at radius 2 is 1.83 bits per heavy atom. The number of halogens is 2. The van der Waals surface area contributed by atoms with Crippen molar-refractivity contribution in [3.05, 3.63) is 33.2 Å². The highest BCUT2D eigenvalue weighted by atomic mass is 35.5. The lowest BCUT2D eigenvalue weighted by Crippen LogP contribution is -1.96. The molecule has 0 atom stereocenters. The van der Waals surface area contributed by atoms with Crippen LogP contribution in [0, 0.1) is 20.8 Å². The number of aromatic nitrogens is 4. The Kier molecular flexibility index (Phi) is 2.47. The molecule has 3 heterocycles. The first-order chi connectivity index (χ1) is 8.49. The summed E-state index contributed by atoms with van der Waals surface area (Å²) in [6.45, 7) is 5.75. The molecule has 4 nitrogen and oxygen atoms in total. The first-order valence-electron chi connectivity index (χ1n) is 5.47. The molecule has 0 bridgehead atoms. The van der Waals surface area contributed by atoms with Crippen LogP contribution in [0.3, 0.4) is 0 Å². The fraction of sp³-hybridized carbons (Fsp3) is 0.250. The highest BCUT2D eigenvalue weighted by Crippen LogP contribution is 2.28. The summed E-state index contributed by atoms with van der Waals surface area (Å²) in [5.74, 6) is 0. The molecule has 3 rings (SSSR count). The topological polar surface area (TPSA) is 43.1 Å². The summed E-state index contributed by atoms with van der Waals surface area (Å²) in [6, 6.07) is 1.99. The van der Waals surface area contributed by atoms with E-state index in [1.54, 1.807) is 4.52 Å². The third kappa shape index (κ3) is 1.49. The molecule has 0 aliphatic carbocycles. The zero-order valence-electron chi connectivity index (χ0n) is 10.1. The van der Waals surface area contributed by atoms with E-state index in [0.29, 0.717) is 27.2 Å². The minimum absolute atomic E-state index is 0.397. The maximum absolute atomic E-state index is 6.24. The van der Waals surface area contributed by atoms with E-state index in [1.807, 2.05) is 26.8 Å². The standard InChI is InChI=1S/C12H10Cl2N4/c1-5-4-6(2)15-11-8(5)12-16-9(13)7(3)10(14)18(12)17-11/h4H,1-3H3. The highest BCUT2D eigenvalue weighted by molar-refractivity contribution is 6.35. The molecule has 0 spiro atoms. The summed E-state index contributed by atoms with van der Waals surface area (Å²) in [4.78, 5) is 8.76. The number of aryl methyl sites for hydroxylation is 2. The SMILES string of the molecule is Cc1cc(C)c2c(n1)nn1c(Cl)c(C)c(Cl)nc21. The van der Waals surface area contributed by atoms with Gasteiger partial charge in [0.2, 0.25) is 0 Å². The lowest BCUT2D eigenvalue weighted by molar-refractivity contribution is 0.935. The van der Waals surface area contributed by atoms with Crippen molar-refractivity contribution in [2.75, 3.05) is 0 Å². The molecule has 0 aromatic carbocycles. The van der Waals surface area contributed by atoms with Gasteiger partial charge in [0.05, 0.1) is 5.39 Å². The summed E-state index contributed by atoms with van der Waals surface area (Å²) in [7, 11) is 0. The number of hydrogen-bond donors (Lipinski definition) is 0. The van der Waals surface area contributed by atoms with Gasteiger partial charge >= 0.3 is 0 Å². The van der Waals surface area contributed by atoms with Crippen LogP contribution in [0.5, 0.6) is 0 Å². The van der Waals surface area contributed by atoms with Gasteiger partial charge in [-0.1, -0.05) is 23.2 Å². The summed E-state index contributed by atoms with van der Waals surface area (Å²) in [5.41, 5.74) is 3.99.